The molecule has 31 heavy (non-hydrogen) atoms. The van der Waals surface area contributed by atoms with Gasteiger partial charge in [-0.25, -0.2) is 9.59 Å². The standard InChI is InChI=1S/C23H34BNO6/c1-15-10-11-16(13-18(15)19(26)28-9)12-17(14-25-20(27)29-21(2,3)4)24-30-22(5,6)23(7,8)31-24/h10-13H,14H2,1-9H3,(H,25,27). The number of rotatable bonds is 5. The van der Waals surface area contributed by atoms with Crippen molar-refractivity contribution in [2.24, 2.45) is 0 Å². The number of aryl methyl sites for hydroxylation is 1. The van der Waals surface area contributed by atoms with Gasteiger partial charge < -0.3 is 24.1 Å². The highest BCUT2D eigenvalue weighted by molar-refractivity contribution is 6.56. The van der Waals surface area contributed by atoms with E-state index in [4.69, 9.17) is 18.8 Å². The molecule has 7 nitrogen and oxygen atoms in total. The molecule has 0 aromatic heterocycles. The van der Waals surface area contributed by atoms with Crippen molar-refractivity contribution in [1.29, 1.82) is 0 Å². The molecule has 0 bridgehead atoms. The van der Waals surface area contributed by atoms with Gasteiger partial charge in [0.1, 0.15) is 5.60 Å². The predicted molar refractivity (Wildman–Crippen MR) is 121 cm³/mol. The summed E-state index contributed by atoms with van der Waals surface area (Å²) in [6, 6.07) is 5.49. The minimum absolute atomic E-state index is 0.160. The molecule has 0 saturated carbocycles. The molecule has 0 unspecified atom stereocenters. The summed E-state index contributed by atoms with van der Waals surface area (Å²) in [6.45, 7) is 15.3. The van der Waals surface area contributed by atoms with Gasteiger partial charge in [0.2, 0.25) is 0 Å². The Kier molecular flexibility index (Phi) is 7.28. The molecular formula is C23H34BNO6. The second kappa shape index (κ2) is 9.05. The summed E-state index contributed by atoms with van der Waals surface area (Å²) in [5.74, 6) is -0.406. The fourth-order valence-electron chi connectivity index (χ4n) is 2.96. The van der Waals surface area contributed by atoms with Crippen LogP contribution in [0.2, 0.25) is 0 Å². The maximum Gasteiger partial charge on any atom is 0.492 e. The zero-order chi connectivity index (χ0) is 23.6. The lowest BCUT2D eigenvalue weighted by molar-refractivity contribution is 0.00578. The van der Waals surface area contributed by atoms with E-state index in [1.54, 1.807) is 26.8 Å². The van der Waals surface area contributed by atoms with Crippen LogP contribution in [-0.4, -0.2) is 49.6 Å². The van der Waals surface area contributed by atoms with Crippen LogP contribution >= 0.6 is 0 Å². The van der Waals surface area contributed by atoms with E-state index >= 15 is 0 Å². The van der Waals surface area contributed by atoms with E-state index in [0.29, 0.717) is 11.0 Å². The Labute approximate surface area is 185 Å². The number of hydrogen-bond donors (Lipinski definition) is 1. The molecule has 1 N–H and O–H groups in total. The van der Waals surface area contributed by atoms with Gasteiger partial charge in [0.15, 0.2) is 0 Å². The Morgan fingerprint density at radius 1 is 1.13 bits per heavy atom. The molecule has 0 aliphatic carbocycles. The van der Waals surface area contributed by atoms with Crippen LogP contribution in [0.3, 0.4) is 0 Å². The number of amides is 1. The summed E-state index contributed by atoms with van der Waals surface area (Å²) in [5.41, 5.74) is 1.08. The van der Waals surface area contributed by atoms with E-state index in [1.807, 2.05) is 52.8 Å². The van der Waals surface area contributed by atoms with Gasteiger partial charge in [-0.2, -0.15) is 0 Å². The van der Waals surface area contributed by atoms with Crippen LogP contribution in [0.1, 0.15) is 70.0 Å². The van der Waals surface area contributed by atoms with Crippen molar-refractivity contribution in [1.82, 2.24) is 5.32 Å². The number of alkyl carbamates (subject to hydrolysis) is 1. The van der Waals surface area contributed by atoms with Crippen LogP contribution in [0.15, 0.2) is 23.7 Å². The lowest BCUT2D eigenvalue weighted by Gasteiger charge is -2.32. The van der Waals surface area contributed by atoms with E-state index in [2.05, 4.69) is 5.32 Å². The third-order valence-electron chi connectivity index (χ3n) is 5.41. The summed E-state index contributed by atoms with van der Waals surface area (Å²) in [6.07, 6.45) is 1.32. The number of benzene rings is 1. The fraction of sp³-hybridized carbons (Fsp3) is 0.565. The van der Waals surface area contributed by atoms with Crippen LogP contribution in [0.25, 0.3) is 6.08 Å². The number of methoxy groups -OCH3 is 1. The summed E-state index contributed by atoms with van der Waals surface area (Å²) in [7, 11) is 0.688. The highest BCUT2D eigenvalue weighted by atomic mass is 16.7. The molecule has 1 aliphatic heterocycles. The molecule has 8 heteroatoms. The van der Waals surface area contributed by atoms with Gasteiger partial charge in [-0.1, -0.05) is 18.2 Å². The van der Waals surface area contributed by atoms with Gasteiger partial charge in [0.05, 0.1) is 23.9 Å². The smallest absolute Gasteiger partial charge is 0.465 e. The van der Waals surface area contributed by atoms with Gasteiger partial charge in [-0.15, -0.1) is 0 Å². The molecule has 1 aromatic rings. The summed E-state index contributed by atoms with van der Waals surface area (Å²) in [4.78, 5) is 24.3. The lowest BCUT2D eigenvalue weighted by Crippen LogP contribution is -2.41. The lowest BCUT2D eigenvalue weighted by atomic mass is 9.77. The van der Waals surface area contributed by atoms with Crippen molar-refractivity contribution in [3.8, 4) is 0 Å². The van der Waals surface area contributed by atoms with Crippen LogP contribution < -0.4 is 5.32 Å². The van der Waals surface area contributed by atoms with Crippen molar-refractivity contribution in [2.75, 3.05) is 13.7 Å². The van der Waals surface area contributed by atoms with Gasteiger partial charge in [-0.05, 0) is 78.1 Å². The number of hydrogen-bond acceptors (Lipinski definition) is 6. The van der Waals surface area contributed by atoms with Crippen LogP contribution in [0.5, 0.6) is 0 Å². The Balaban J connectivity index is 2.36. The largest absolute Gasteiger partial charge is 0.492 e. The zero-order valence-corrected chi connectivity index (χ0v) is 20.0. The first kappa shape index (κ1) is 24.9. The van der Waals surface area contributed by atoms with Gasteiger partial charge in [0, 0.05) is 6.54 Å². The van der Waals surface area contributed by atoms with E-state index < -0.39 is 36.0 Å². The number of ether oxygens (including phenoxy) is 2. The number of nitrogens with one attached hydrogen (secondary N) is 1. The Morgan fingerprint density at radius 2 is 1.71 bits per heavy atom. The fourth-order valence-corrected chi connectivity index (χ4v) is 2.96. The molecule has 1 saturated heterocycles. The van der Waals surface area contributed by atoms with E-state index in [1.165, 1.54) is 7.11 Å². The molecule has 1 heterocycles. The summed E-state index contributed by atoms with van der Waals surface area (Å²) < 4.78 is 22.6. The third kappa shape index (κ3) is 6.34. The van der Waals surface area contributed by atoms with E-state index in [-0.39, 0.29) is 6.54 Å². The first-order valence-corrected chi connectivity index (χ1v) is 10.4. The second-order valence-electron chi connectivity index (χ2n) is 9.73. The molecular weight excluding hydrogens is 397 g/mol. The van der Waals surface area contributed by atoms with Crippen molar-refractivity contribution < 1.29 is 28.4 Å². The molecule has 1 aliphatic rings. The van der Waals surface area contributed by atoms with Gasteiger partial charge in [-0.3, -0.25) is 0 Å². The Morgan fingerprint density at radius 3 is 2.23 bits per heavy atom. The number of carbonyl (C=O) groups excluding carboxylic acids is 2. The molecule has 2 rings (SSSR count). The normalized spacial score (nSPS) is 18.0. The van der Waals surface area contributed by atoms with E-state index in [9.17, 15) is 9.59 Å². The van der Waals surface area contributed by atoms with Crippen LogP contribution in [0.4, 0.5) is 4.79 Å². The molecule has 0 spiro atoms. The molecule has 1 aromatic carbocycles. The van der Waals surface area contributed by atoms with Crippen molar-refractivity contribution >= 4 is 25.3 Å². The Bertz CT molecular complexity index is 853. The molecule has 1 amide bonds. The van der Waals surface area contributed by atoms with Crippen molar-refractivity contribution in [3.63, 3.8) is 0 Å². The molecule has 1 fully saturated rings. The van der Waals surface area contributed by atoms with Crippen molar-refractivity contribution in [3.05, 3.63) is 40.4 Å². The SMILES string of the molecule is COC(=O)c1cc(C=C(CNC(=O)OC(C)(C)C)B2OC(C)(C)C(C)(C)O2)ccc1C. The Hall–Kier alpha value is -2.32. The van der Waals surface area contributed by atoms with E-state index in [0.717, 1.165) is 11.1 Å². The quantitative estimate of drug-likeness (QED) is 0.552. The van der Waals surface area contributed by atoms with Gasteiger partial charge >= 0.3 is 19.2 Å². The molecule has 170 valence electrons. The number of esters is 1. The maximum absolute atomic E-state index is 12.2. The topological polar surface area (TPSA) is 83.1 Å². The first-order chi connectivity index (χ1) is 14.1. The van der Waals surface area contributed by atoms with Gasteiger partial charge in [0.25, 0.3) is 0 Å². The third-order valence-corrected chi connectivity index (χ3v) is 5.41. The van der Waals surface area contributed by atoms with Crippen LogP contribution in [0, 0.1) is 6.92 Å². The minimum Gasteiger partial charge on any atom is -0.465 e. The average Bonchev–Trinajstić information content (AvgIpc) is 2.85. The minimum atomic E-state index is -0.664. The monoisotopic (exact) mass is 431 g/mol. The van der Waals surface area contributed by atoms with Crippen molar-refractivity contribution in [2.45, 2.75) is 72.2 Å². The first-order valence-electron chi connectivity index (χ1n) is 10.4. The molecule has 0 atom stereocenters. The summed E-state index contributed by atoms with van der Waals surface area (Å²) in [5, 5.41) is 2.77. The van der Waals surface area contributed by atoms with Crippen LogP contribution in [-0.2, 0) is 18.8 Å². The predicted octanol–water partition coefficient (Wildman–Crippen LogP) is 4.32. The second-order valence-corrected chi connectivity index (χ2v) is 9.73. The average molecular weight is 431 g/mol. The highest BCUT2D eigenvalue weighted by Gasteiger charge is 2.52. The summed E-state index contributed by atoms with van der Waals surface area (Å²) >= 11 is 0. The number of carbonyl (C=O) groups is 2. The molecule has 0 radical (unpaired) electrons. The highest BCUT2D eigenvalue weighted by Crippen LogP contribution is 2.38. The zero-order valence-electron chi connectivity index (χ0n) is 20.0. The maximum atomic E-state index is 12.2.